The van der Waals surface area contributed by atoms with Crippen LogP contribution in [-0.2, 0) is 20.7 Å². The van der Waals surface area contributed by atoms with Gasteiger partial charge in [-0.1, -0.05) is 41.9 Å². The normalized spacial score (nSPS) is 13.8. The summed E-state index contributed by atoms with van der Waals surface area (Å²) in [4.78, 5) is 60.8. The number of carbonyl (C=O) groups is 4. The molecule has 3 heterocycles. The Balaban J connectivity index is 1.33. The Kier molecular flexibility index (Phi) is 12.0. The van der Waals surface area contributed by atoms with E-state index in [1.807, 2.05) is 37.2 Å². The van der Waals surface area contributed by atoms with Gasteiger partial charge in [-0.05, 0) is 103 Å². The molecule has 0 aliphatic carbocycles. The van der Waals surface area contributed by atoms with Crippen LogP contribution in [0.5, 0.6) is 0 Å². The van der Waals surface area contributed by atoms with E-state index in [9.17, 15) is 19.2 Å². The molecule has 0 saturated heterocycles. The van der Waals surface area contributed by atoms with Crippen LogP contribution >= 0.6 is 11.6 Å². The van der Waals surface area contributed by atoms with E-state index in [0.717, 1.165) is 16.7 Å². The van der Waals surface area contributed by atoms with Crippen LogP contribution in [0.3, 0.4) is 0 Å². The zero-order valence-electron chi connectivity index (χ0n) is 30.2. The first kappa shape index (κ1) is 38.4. The maximum atomic E-state index is 15.4. The van der Waals surface area contributed by atoms with Gasteiger partial charge in [-0.2, -0.15) is 4.68 Å². The van der Waals surface area contributed by atoms with Gasteiger partial charge in [0.15, 0.2) is 5.82 Å². The number of esters is 1. The Morgan fingerprint density at radius 1 is 1.04 bits per heavy atom. The molecule has 55 heavy (non-hydrogen) atoms. The second-order valence-electron chi connectivity index (χ2n) is 12.7. The fourth-order valence-corrected chi connectivity index (χ4v) is 6.35. The summed E-state index contributed by atoms with van der Waals surface area (Å²) in [6.07, 6.45) is 5.40. The van der Waals surface area contributed by atoms with Crippen molar-refractivity contribution in [3.8, 4) is 16.8 Å². The lowest BCUT2D eigenvalue weighted by Gasteiger charge is -2.36. The molecule has 3 amide bonds. The minimum Gasteiger partial charge on any atom is -0.462 e. The minimum atomic E-state index is -1.14. The first-order valence-corrected chi connectivity index (χ1v) is 17.7. The van der Waals surface area contributed by atoms with Crippen molar-refractivity contribution in [3.63, 3.8) is 0 Å². The summed E-state index contributed by atoms with van der Waals surface area (Å²) in [6, 6.07) is 17.4. The molecule has 0 saturated carbocycles. The number of likely N-dealkylation sites (N-methyl/N-ethyl adjacent to an activating group) is 1. The van der Waals surface area contributed by atoms with E-state index in [-0.39, 0.29) is 46.7 Å². The molecule has 3 aromatic carbocycles. The quantitative estimate of drug-likeness (QED) is 0.134. The molecule has 0 bridgehead atoms. The lowest BCUT2D eigenvalue weighted by atomic mass is 9.86. The van der Waals surface area contributed by atoms with Gasteiger partial charge in [0.2, 0.25) is 5.91 Å². The van der Waals surface area contributed by atoms with Gasteiger partial charge in [0.1, 0.15) is 18.2 Å². The Bertz CT molecular complexity index is 2230. The number of halogens is 2. The van der Waals surface area contributed by atoms with E-state index in [4.69, 9.17) is 16.3 Å². The number of tetrazole rings is 1. The molecule has 0 unspecified atom stereocenters. The van der Waals surface area contributed by atoms with E-state index in [2.05, 4.69) is 31.1 Å². The van der Waals surface area contributed by atoms with Crippen LogP contribution in [0.2, 0.25) is 5.02 Å². The monoisotopic (exact) mass is 765 g/mol. The number of benzene rings is 3. The number of fused-ring (bicyclic) bond motifs is 1. The number of carbonyl (C=O) groups excluding carboxylic acids is 4. The molecule has 2 aromatic heterocycles. The number of hydrogen-bond acceptors (Lipinski definition) is 10. The smallest absolute Gasteiger partial charge is 0.339 e. The van der Waals surface area contributed by atoms with Gasteiger partial charge >= 0.3 is 5.97 Å². The van der Waals surface area contributed by atoms with E-state index in [1.54, 1.807) is 31.2 Å². The number of anilines is 1. The third-order valence-corrected chi connectivity index (χ3v) is 9.17. The summed E-state index contributed by atoms with van der Waals surface area (Å²) in [5.41, 5.74) is 3.99. The standard InChI is InChI=1S/C39H37ClFN9O5/c1-4-55-39(54)26-12-16-33(43-22-26)45-38(53)36-29-7-5-6-27(24-8-10-25(11-9-24)37(52)42-19-21-48(2)3)28(29)18-20-49(36)34(51)17-13-30-32(50-23-44-46-47-50)15-14-31(40)35(30)41/h5-17,22-23,36H,4,18-21H2,1-3H3,(H,42,52)(H,43,45,53)/b17-13+/t36-/m0/s1. The largest absolute Gasteiger partial charge is 0.462 e. The summed E-state index contributed by atoms with van der Waals surface area (Å²) in [6.45, 7) is 3.23. The first-order chi connectivity index (χ1) is 26.5. The van der Waals surface area contributed by atoms with Gasteiger partial charge in [0.05, 0.1) is 22.9 Å². The van der Waals surface area contributed by atoms with Crippen molar-refractivity contribution in [2.45, 2.75) is 19.4 Å². The lowest BCUT2D eigenvalue weighted by molar-refractivity contribution is -0.135. The molecule has 16 heteroatoms. The number of amides is 3. The Labute approximate surface area is 320 Å². The van der Waals surface area contributed by atoms with Crippen molar-refractivity contribution >= 4 is 47.2 Å². The van der Waals surface area contributed by atoms with Crippen molar-refractivity contribution in [2.75, 3.05) is 45.7 Å². The fourth-order valence-electron chi connectivity index (χ4n) is 6.19. The second-order valence-corrected chi connectivity index (χ2v) is 13.1. The minimum absolute atomic E-state index is 0.0328. The summed E-state index contributed by atoms with van der Waals surface area (Å²) in [7, 11) is 3.86. The van der Waals surface area contributed by atoms with Crippen LogP contribution < -0.4 is 10.6 Å². The van der Waals surface area contributed by atoms with Gasteiger partial charge in [0, 0.05) is 43.0 Å². The van der Waals surface area contributed by atoms with Crippen LogP contribution in [0.25, 0.3) is 22.9 Å². The van der Waals surface area contributed by atoms with Gasteiger partial charge < -0.3 is 25.2 Å². The van der Waals surface area contributed by atoms with Crippen molar-refractivity contribution in [1.82, 2.24) is 40.3 Å². The number of nitrogens with one attached hydrogen (secondary N) is 2. The van der Waals surface area contributed by atoms with Gasteiger partial charge in [-0.15, -0.1) is 5.10 Å². The van der Waals surface area contributed by atoms with Gasteiger partial charge in [-0.25, -0.2) is 14.2 Å². The number of rotatable bonds is 12. The molecule has 0 radical (unpaired) electrons. The van der Waals surface area contributed by atoms with Crippen LogP contribution in [0, 0.1) is 5.82 Å². The van der Waals surface area contributed by atoms with Gasteiger partial charge in [-0.3, -0.25) is 14.4 Å². The third kappa shape index (κ3) is 8.74. The molecule has 5 aromatic rings. The molecule has 0 spiro atoms. The molecule has 14 nitrogen and oxygen atoms in total. The van der Waals surface area contributed by atoms with Crippen LogP contribution in [0.1, 0.15) is 50.4 Å². The average Bonchev–Trinajstić information content (AvgIpc) is 3.73. The van der Waals surface area contributed by atoms with Crippen LogP contribution in [0.15, 0.2) is 85.3 Å². The maximum Gasteiger partial charge on any atom is 0.339 e. The highest BCUT2D eigenvalue weighted by Crippen LogP contribution is 2.37. The Hall–Kier alpha value is -6.32. The number of ether oxygens (including phenoxy) is 1. The SMILES string of the molecule is CCOC(=O)c1ccc(NC(=O)[C@@H]2c3cccc(-c4ccc(C(=O)NCCN(C)C)cc4)c3CCN2C(=O)/C=C/c2c(-n3cnnn3)ccc(Cl)c2F)nc1. The fraction of sp³-hybridized carbons (Fsp3) is 0.231. The van der Waals surface area contributed by atoms with E-state index >= 15 is 4.39 Å². The van der Waals surface area contributed by atoms with Crippen molar-refractivity contribution < 1.29 is 28.3 Å². The molecule has 0 fully saturated rings. The summed E-state index contributed by atoms with van der Waals surface area (Å²) >= 11 is 6.10. The molecular formula is C39H37ClFN9O5. The highest BCUT2D eigenvalue weighted by Gasteiger charge is 2.36. The summed E-state index contributed by atoms with van der Waals surface area (Å²) in [5.74, 6) is -2.51. The predicted molar refractivity (Wildman–Crippen MR) is 203 cm³/mol. The number of hydrogen-bond donors (Lipinski definition) is 2. The Morgan fingerprint density at radius 2 is 1.82 bits per heavy atom. The summed E-state index contributed by atoms with van der Waals surface area (Å²) < 4.78 is 21.6. The molecule has 2 N–H and O–H groups in total. The molecule has 1 atom stereocenters. The van der Waals surface area contributed by atoms with E-state index < -0.39 is 29.6 Å². The van der Waals surface area contributed by atoms with Crippen molar-refractivity contribution in [3.05, 3.63) is 124 Å². The Morgan fingerprint density at radius 3 is 2.51 bits per heavy atom. The number of aromatic nitrogens is 5. The van der Waals surface area contributed by atoms with Gasteiger partial charge in [0.25, 0.3) is 11.8 Å². The van der Waals surface area contributed by atoms with Crippen LogP contribution in [0.4, 0.5) is 10.2 Å². The number of nitrogens with zero attached hydrogens (tertiary/aromatic N) is 7. The highest BCUT2D eigenvalue weighted by atomic mass is 35.5. The van der Waals surface area contributed by atoms with Crippen LogP contribution in [-0.4, -0.2) is 99.0 Å². The predicted octanol–water partition coefficient (Wildman–Crippen LogP) is 4.76. The zero-order valence-corrected chi connectivity index (χ0v) is 31.0. The molecule has 1 aliphatic rings. The van der Waals surface area contributed by atoms with E-state index in [1.165, 1.54) is 58.5 Å². The lowest BCUT2D eigenvalue weighted by Crippen LogP contribution is -2.45. The molecule has 282 valence electrons. The second kappa shape index (κ2) is 17.2. The molecule has 6 rings (SSSR count). The molecule has 1 aliphatic heterocycles. The third-order valence-electron chi connectivity index (χ3n) is 8.88. The molecular weight excluding hydrogens is 729 g/mol. The first-order valence-electron chi connectivity index (χ1n) is 17.3. The number of pyridine rings is 1. The van der Waals surface area contributed by atoms with Crippen molar-refractivity contribution in [1.29, 1.82) is 0 Å². The van der Waals surface area contributed by atoms with Crippen molar-refractivity contribution in [2.24, 2.45) is 0 Å². The topological polar surface area (TPSA) is 165 Å². The highest BCUT2D eigenvalue weighted by molar-refractivity contribution is 6.31. The van der Waals surface area contributed by atoms with E-state index in [0.29, 0.717) is 30.6 Å². The maximum absolute atomic E-state index is 15.4. The average molecular weight is 766 g/mol. The summed E-state index contributed by atoms with van der Waals surface area (Å²) in [5, 5.41) is 16.6. The zero-order chi connectivity index (χ0) is 39.1.